The maximum Gasteiger partial charge on any atom is 0.190 e. The number of phenolic OH excluding ortho intramolecular Hbond substituents is 2. The maximum atomic E-state index is 12.0. The molecule has 0 atom stereocenters. The lowest BCUT2D eigenvalue weighted by molar-refractivity contribution is 0.0989. The second kappa shape index (κ2) is 5.33. The molecule has 2 aromatic rings. The maximum absolute atomic E-state index is 12.0. The van der Waals surface area contributed by atoms with Crippen molar-refractivity contribution in [3.05, 3.63) is 52.6 Å². The molecule has 0 bridgehead atoms. The molecule has 0 aromatic heterocycles. The first-order valence-corrected chi connectivity index (χ1v) is 6.94. The number of benzene rings is 2. The lowest BCUT2D eigenvalue weighted by Crippen LogP contribution is -2.13. The Labute approximate surface area is 135 Å². The summed E-state index contributed by atoms with van der Waals surface area (Å²) in [4.78, 5) is 23.8. The Morgan fingerprint density at radius 3 is 2.22 bits per heavy atom. The molecule has 0 spiro atoms. The van der Waals surface area contributed by atoms with Crippen LogP contribution in [0.3, 0.4) is 0 Å². The highest BCUT2D eigenvalue weighted by molar-refractivity contribution is 6.38. The molecule has 0 radical (unpaired) electrons. The normalized spacial score (nSPS) is 13.1. The minimum absolute atomic E-state index is 0.0787. The van der Waals surface area contributed by atoms with Gasteiger partial charge < -0.3 is 21.3 Å². The monoisotopic (exact) mass is 330 g/mol. The summed E-state index contributed by atoms with van der Waals surface area (Å²) in [5.74, 6) is -2.27. The van der Waals surface area contributed by atoms with E-state index in [0.717, 1.165) is 12.2 Å². The Morgan fingerprint density at radius 2 is 1.61 bits per heavy atom. The number of hydrogen-bond acceptors (Lipinski definition) is 6. The van der Waals surface area contributed by atoms with Crippen molar-refractivity contribution in [3.8, 4) is 11.5 Å². The summed E-state index contributed by atoms with van der Waals surface area (Å²) in [6, 6.07) is 6.59. The SMILES string of the molecule is Nc1cccc(Nc2c(O)c3c(c(O)c2Cl)C(=O)C=CC3=O)c1. The van der Waals surface area contributed by atoms with E-state index in [1.165, 1.54) is 0 Å². The van der Waals surface area contributed by atoms with Gasteiger partial charge in [0.1, 0.15) is 16.5 Å². The highest BCUT2D eigenvalue weighted by Crippen LogP contribution is 2.47. The zero-order valence-electron chi connectivity index (χ0n) is 11.6. The van der Waals surface area contributed by atoms with Crippen molar-refractivity contribution in [2.24, 2.45) is 0 Å². The van der Waals surface area contributed by atoms with E-state index in [1.54, 1.807) is 24.3 Å². The molecule has 0 unspecified atom stereocenters. The summed E-state index contributed by atoms with van der Waals surface area (Å²) >= 11 is 6.05. The number of ketones is 2. The van der Waals surface area contributed by atoms with E-state index in [1.807, 2.05) is 0 Å². The van der Waals surface area contributed by atoms with Gasteiger partial charge in [0.25, 0.3) is 0 Å². The van der Waals surface area contributed by atoms with Crippen LogP contribution in [0.5, 0.6) is 11.5 Å². The van der Waals surface area contributed by atoms with E-state index in [4.69, 9.17) is 17.3 Å². The van der Waals surface area contributed by atoms with Crippen molar-refractivity contribution >= 4 is 40.2 Å². The van der Waals surface area contributed by atoms with Gasteiger partial charge in [-0.1, -0.05) is 17.7 Å². The van der Waals surface area contributed by atoms with Crippen molar-refractivity contribution in [1.29, 1.82) is 0 Å². The minimum Gasteiger partial charge on any atom is -0.505 e. The van der Waals surface area contributed by atoms with Gasteiger partial charge in [-0.2, -0.15) is 0 Å². The predicted molar refractivity (Wildman–Crippen MR) is 86.7 cm³/mol. The number of carbonyl (C=O) groups excluding carboxylic acids is 2. The Balaban J connectivity index is 2.20. The molecule has 116 valence electrons. The third kappa shape index (κ3) is 2.39. The number of allylic oxidation sites excluding steroid dienone is 2. The predicted octanol–water partition coefficient (Wildman–Crippen LogP) is 3.01. The number of aromatic hydroxyl groups is 2. The van der Waals surface area contributed by atoms with Crippen molar-refractivity contribution < 1.29 is 19.8 Å². The van der Waals surface area contributed by atoms with E-state index in [0.29, 0.717) is 11.4 Å². The summed E-state index contributed by atoms with van der Waals surface area (Å²) in [5.41, 5.74) is 5.97. The molecule has 6 nitrogen and oxygen atoms in total. The van der Waals surface area contributed by atoms with Crippen LogP contribution in [0.25, 0.3) is 0 Å². The van der Waals surface area contributed by atoms with Crippen LogP contribution in [-0.2, 0) is 0 Å². The highest BCUT2D eigenvalue weighted by atomic mass is 35.5. The number of anilines is 3. The first-order valence-electron chi connectivity index (χ1n) is 6.57. The van der Waals surface area contributed by atoms with Crippen LogP contribution in [0.15, 0.2) is 36.4 Å². The van der Waals surface area contributed by atoms with Gasteiger partial charge in [0.15, 0.2) is 17.3 Å². The Bertz CT molecular complexity index is 890. The van der Waals surface area contributed by atoms with E-state index in [-0.39, 0.29) is 21.8 Å². The zero-order chi connectivity index (χ0) is 16.7. The summed E-state index contributed by atoms with van der Waals surface area (Å²) in [6.45, 7) is 0. The first kappa shape index (κ1) is 14.9. The standard InChI is InChI=1S/C16H11ClN2O4/c17-13-14(19-8-3-1-2-7(18)6-8)16(23)12-10(21)5-4-9(20)11(12)15(13)22/h1-6,19,22-23H,18H2. The third-order valence-corrected chi connectivity index (χ3v) is 3.79. The molecule has 3 rings (SSSR count). The lowest BCUT2D eigenvalue weighted by Gasteiger charge is -2.19. The molecule has 1 aliphatic rings. The van der Waals surface area contributed by atoms with Crippen molar-refractivity contribution in [3.63, 3.8) is 0 Å². The van der Waals surface area contributed by atoms with Gasteiger partial charge in [0, 0.05) is 11.4 Å². The number of rotatable bonds is 2. The first-order chi connectivity index (χ1) is 10.9. The summed E-state index contributed by atoms with van der Waals surface area (Å²) < 4.78 is 0. The number of phenols is 2. The average molecular weight is 331 g/mol. The summed E-state index contributed by atoms with van der Waals surface area (Å²) in [7, 11) is 0. The van der Waals surface area contributed by atoms with Crippen LogP contribution in [0, 0.1) is 0 Å². The number of nitrogens with two attached hydrogens (primary N) is 1. The number of fused-ring (bicyclic) bond motifs is 1. The Kier molecular flexibility index (Phi) is 3.46. The molecule has 0 fully saturated rings. The van der Waals surface area contributed by atoms with Gasteiger partial charge in [-0.05, 0) is 30.4 Å². The van der Waals surface area contributed by atoms with Crippen molar-refractivity contribution in [2.75, 3.05) is 11.1 Å². The largest absolute Gasteiger partial charge is 0.505 e. The quantitative estimate of drug-likeness (QED) is 0.382. The second-order valence-electron chi connectivity index (χ2n) is 4.95. The molecule has 1 aliphatic carbocycles. The molecular weight excluding hydrogens is 320 g/mol. The molecule has 0 amide bonds. The van der Waals surface area contributed by atoms with Crippen molar-refractivity contribution in [1.82, 2.24) is 0 Å². The van der Waals surface area contributed by atoms with Gasteiger partial charge in [0.05, 0.1) is 11.1 Å². The number of carbonyl (C=O) groups is 2. The van der Waals surface area contributed by atoms with Crippen LogP contribution >= 0.6 is 11.6 Å². The molecule has 5 N–H and O–H groups in total. The fourth-order valence-corrected chi connectivity index (χ4v) is 2.60. The fourth-order valence-electron chi connectivity index (χ4n) is 2.37. The molecular formula is C16H11ClN2O4. The van der Waals surface area contributed by atoms with Crippen LogP contribution in [0.4, 0.5) is 17.1 Å². The average Bonchev–Trinajstić information content (AvgIpc) is 2.51. The van der Waals surface area contributed by atoms with E-state index in [2.05, 4.69) is 5.32 Å². The fraction of sp³-hybridized carbons (Fsp3) is 0. The van der Waals surface area contributed by atoms with Crippen LogP contribution in [-0.4, -0.2) is 21.8 Å². The number of nitrogens with one attached hydrogen (secondary N) is 1. The van der Waals surface area contributed by atoms with Gasteiger partial charge in [-0.3, -0.25) is 9.59 Å². The molecule has 0 saturated heterocycles. The number of halogens is 1. The highest BCUT2D eigenvalue weighted by Gasteiger charge is 2.31. The zero-order valence-corrected chi connectivity index (χ0v) is 12.4. The molecule has 0 saturated carbocycles. The van der Waals surface area contributed by atoms with Gasteiger partial charge in [-0.15, -0.1) is 0 Å². The van der Waals surface area contributed by atoms with Gasteiger partial charge in [0.2, 0.25) is 0 Å². The van der Waals surface area contributed by atoms with Gasteiger partial charge in [-0.25, -0.2) is 0 Å². The van der Waals surface area contributed by atoms with Crippen molar-refractivity contribution in [2.45, 2.75) is 0 Å². The van der Waals surface area contributed by atoms with Crippen LogP contribution in [0.1, 0.15) is 20.7 Å². The van der Waals surface area contributed by atoms with E-state index in [9.17, 15) is 19.8 Å². The summed E-state index contributed by atoms with van der Waals surface area (Å²) in [5, 5.41) is 23.1. The topological polar surface area (TPSA) is 113 Å². The van der Waals surface area contributed by atoms with Gasteiger partial charge >= 0.3 is 0 Å². The van der Waals surface area contributed by atoms with Crippen LogP contribution in [0.2, 0.25) is 5.02 Å². The Hall–Kier alpha value is -2.99. The minimum atomic E-state index is -0.607. The molecule has 2 aromatic carbocycles. The Morgan fingerprint density at radius 1 is 1.00 bits per heavy atom. The number of hydrogen-bond donors (Lipinski definition) is 4. The molecule has 0 aliphatic heterocycles. The number of nitrogen functional groups attached to an aromatic ring is 1. The molecule has 7 heteroatoms. The van der Waals surface area contributed by atoms with E-state index >= 15 is 0 Å². The molecule has 0 heterocycles. The lowest BCUT2D eigenvalue weighted by atomic mass is 9.92. The molecule has 23 heavy (non-hydrogen) atoms. The van der Waals surface area contributed by atoms with E-state index < -0.39 is 23.1 Å². The second-order valence-corrected chi connectivity index (χ2v) is 5.33. The smallest absolute Gasteiger partial charge is 0.190 e. The van der Waals surface area contributed by atoms with Crippen LogP contribution < -0.4 is 11.1 Å². The summed E-state index contributed by atoms with van der Waals surface area (Å²) in [6.07, 6.45) is 2.05. The third-order valence-electron chi connectivity index (χ3n) is 3.42.